The fourth-order valence-electron chi connectivity index (χ4n) is 3.30. The summed E-state index contributed by atoms with van der Waals surface area (Å²) in [6.07, 6.45) is -1.35. The van der Waals surface area contributed by atoms with Gasteiger partial charge in [0.05, 0.1) is 5.60 Å². The number of aliphatic hydroxyl groups is 1. The number of aryl methyl sites for hydroxylation is 2. The molecule has 2 aromatic carbocycles. The Morgan fingerprint density at radius 1 is 0.974 bits per heavy atom. The molecule has 0 fully saturated rings. The van der Waals surface area contributed by atoms with E-state index in [4.69, 9.17) is 0 Å². The Balaban J connectivity index is 0.000000596. The van der Waals surface area contributed by atoms with Crippen LogP contribution in [0, 0.1) is 25.1 Å². The Morgan fingerprint density at radius 2 is 1.51 bits per heavy atom. The van der Waals surface area contributed by atoms with E-state index in [0.717, 1.165) is 29.7 Å². The van der Waals surface area contributed by atoms with Crippen LogP contribution in [0.4, 0.5) is 23.2 Å². The van der Waals surface area contributed by atoms with Crippen molar-refractivity contribution in [3.05, 3.63) is 58.9 Å². The van der Waals surface area contributed by atoms with Crippen molar-refractivity contribution in [2.45, 2.75) is 107 Å². The Labute approximate surface area is 231 Å². The molecule has 220 valence electrons. The zero-order valence-corrected chi connectivity index (χ0v) is 25.0. The molecule has 0 atom stereocenters. The fourth-order valence-corrected chi connectivity index (χ4v) is 3.30. The Bertz CT molecular complexity index is 1040. The maximum Gasteiger partial charge on any atom is 0.573 e. The van der Waals surface area contributed by atoms with E-state index in [1.807, 2.05) is 20.8 Å². The summed E-state index contributed by atoms with van der Waals surface area (Å²) in [5, 5.41) is 9.89. The van der Waals surface area contributed by atoms with Gasteiger partial charge in [-0.1, -0.05) is 64.8 Å². The second-order valence-electron chi connectivity index (χ2n) is 11.3. The number of aliphatic imine (C=N–C) groups is 1. The van der Waals surface area contributed by atoms with Crippen LogP contribution < -0.4 is 4.74 Å². The number of halogens is 4. The first-order valence-corrected chi connectivity index (χ1v) is 13.1. The summed E-state index contributed by atoms with van der Waals surface area (Å²) in [6, 6.07) is 8.83. The van der Waals surface area contributed by atoms with Gasteiger partial charge in [-0.25, -0.2) is 4.39 Å². The zero-order chi connectivity index (χ0) is 30.6. The lowest BCUT2D eigenvalue weighted by atomic mass is 9.89. The highest BCUT2D eigenvalue weighted by Crippen LogP contribution is 2.30. The largest absolute Gasteiger partial charge is 0.573 e. The molecule has 8 heteroatoms. The topological polar surface area (TPSA) is 58.9 Å². The van der Waals surface area contributed by atoms with Crippen LogP contribution in [0.1, 0.15) is 97.8 Å². The van der Waals surface area contributed by atoms with Gasteiger partial charge in [0.2, 0.25) is 0 Å². The molecule has 0 bridgehead atoms. The van der Waals surface area contributed by atoms with Crippen LogP contribution in [0.15, 0.2) is 41.4 Å². The van der Waals surface area contributed by atoms with Crippen LogP contribution in [-0.2, 0) is 10.4 Å². The number of ether oxygens (including phenoxy) is 1. The number of hydrogen-bond donors (Lipinski definition) is 1. The molecule has 39 heavy (non-hydrogen) atoms. The van der Waals surface area contributed by atoms with E-state index in [1.165, 1.54) is 18.2 Å². The van der Waals surface area contributed by atoms with Gasteiger partial charge < -0.3 is 9.84 Å². The van der Waals surface area contributed by atoms with Gasteiger partial charge in [-0.15, -0.1) is 13.2 Å². The first kappa shape index (κ1) is 36.3. The van der Waals surface area contributed by atoms with Crippen molar-refractivity contribution in [1.82, 2.24) is 0 Å². The number of rotatable bonds is 7. The number of alkyl halides is 3. The molecule has 0 amide bonds. The Kier molecular flexibility index (Phi) is 14.6. The molecule has 0 saturated carbocycles. The van der Waals surface area contributed by atoms with Crippen molar-refractivity contribution in [3.8, 4) is 5.75 Å². The van der Waals surface area contributed by atoms with E-state index < -0.39 is 12.0 Å². The first-order chi connectivity index (χ1) is 17.7. The predicted octanol–water partition coefficient (Wildman–Crippen LogP) is 9.55. The van der Waals surface area contributed by atoms with Crippen LogP contribution in [0.3, 0.4) is 0 Å². The first-order valence-electron chi connectivity index (χ1n) is 13.1. The van der Waals surface area contributed by atoms with Gasteiger partial charge in [-0.2, -0.15) is 0 Å². The molecule has 0 saturated heterocycles. The Morgan fingerprint density at radius 3 is 1.87 bits per heavy atom. The highest BCUT2D eigenvalue weighted by Gasteiger charge is 2.30. The SMILES string of the molecule is CCC(=O)CC(C)(C)C.CCCC(C)=Nc1c(C)cc(C(C)(C)O)cc1F.Cc1ccc(OC(F)(F)F)cc1. The maximum absolute atomic E-state index is 14.0. The minimum Gasteiger partial charge on any atom is -0.406 e. The molecule has 2 rings (SSSR count). The van der Waals surface area contributed by atoms with Crippen LogP contribution in [0.5, 0.6) is 5.75 Å². The van der Waals surface area contributed by atoms with E-state index in [-0.39, 0.29) is 17.0 Å². The zero-order valence-electron chi connectivity index (χ0n) is 25.0. The van der Waals surface area contributed by atoms with E-state index in [2.05, 4.69) is 37.4 Å². The van der Waals surface area contributed by atoms with Crippen molar-refractivity contribution >= 4 is 17.2 Å². The second kappa shape index (κ2) is 15.8. The fraction of sp³-hybridized carbons (Fsp3) is 0.548. The minimum atomic E-state index is -4.60. The van der Waals surface area contributed by atoms with Gasteiger partial charge >= 0.3 is 6.36 Å². The summed E-state index contributed by atoms with van der Waals surface area (Å²) in [6.45, 7) is 19.0. The van der Waals surface area contributed by atoms with Crippen LogP contribution >= 0.6 is 0 Å². The van der Waals surface area contributed by atoms with E-state index in [0.29, 0.717) is 29.9 Å². The normalized spacial score (nSPS) is 12.1. The quantitative estimate of drug-likeness (QED) is 0.273. The number of carbonyl (C=O) groups excluding carboxylic acids is 1. The van der Waals surface area contributed by atoms with E-state index in [9.17, 15) is 27.5 Å². The summed E-state index contributed by atoms with van der Waals surface area (Å²) in [7, 11) is 0. The average molecular weight is 556 g/mol. The number of ketones is 1. The lowest BCUT2D eigenvalue weighted by molar-refractivity contribution is -0.274. The highest BCUT2D eigenvalue weighted by atomic mass is 19.4. The Hall–Kier alpha value is -2.74. The smallest absolute Gasteiger partial charge is 0.406 e. The van der Waals surface area contributed by atoms with Crippen molar-refractivity contribution in [1.29, 1.82) is 0 Å². The van der Waals surface area contributed by atoms with Crippen LogP contribution in [0.2, 0.25) is 0 Å². The summed E-state index contributed by atoms with van der Waals surface area (Å²) in [4.78, 5) is 15.2. The monoisotopic (exact) mass is 555 g/mol. The highest BCUT2D eigenvalue weighted by molar-refractivity contribution is 5.85. The second-order valence-corrected chi connectivity index (χ2v) is 11.3. The third-order valence-corrected chi connectivity index (χ3v) is 5.25. The molecule has 2 aromatic rings. The number of Topliss-reactive ketones (excluding diaryl/α,β-unsaturated/α-hetero) is 1. The van der Waals surface area contributed by atoms with Crippen molar-refractivity contribution < 1.29 is 32.2 Å². The number of nitrogens with zero attached hydrogens (tertiary/aromatic N) is 1. The summed E-state index contributed by atoms with van der Waals surface area (Å²) in [5.74, 6) is -0.196. The van der Waals surface area contributed by atoms with Crippen LogP contribution in [0.25, 0.3) is 0 Å². The summed E-state index contributed by atoms with van der Waals surface area (Å²) in [5.41, 5.74) is 2.67. The maximum atomic E-state index is 14.0. The molecule has 1 N–H and O–H groups in total. The lowest BCUT2D eigenvalue weighted by Gasteiger charge is -2.19. The van der Waals surface area contributed by atoms with Gasteiger partial charge in [0.1, 0.15) is 23.0 Å². The average Bonchev–Trinajstić information content (AvgIpc) is 2.76. The molecular formula is C31H45F4NO3. The summed E-state index contributed by atoms with van der Waals surface area (Å²) < 4.78 is 52.5. The molecule has 0 spiro atoms. The summed E-state index contributed by atoms with van der Waals surface area (Å²) >= 11 is 0. The van der Waals surface area contributed by atoms with Crippen molar-refractivity contribution in [2.75, 3.05) is 0 Å². The molecule has 0 aromatic heterocycles. The third kappa shape index (κ3) is 16.7. The van der Waals surface area contributed by atoms with E-state index in [1.54, 1.807) is 39.0 Å². The predicted molar refractivity (Wildman–Crippen MR) is 151 cm³/mol. The third-order valence-electron chi connectivity index (χ3n) is 5.25. The molecule has 0 aliphatic heterocycles. The molecule has 0 aliphatic rings. The molecule has 0 heterocycles. The van der Waals surface area contributed by atoms with Gasteiger partial charge in [-0.05, 0) is 75.8 Å². The number of benzene rings is 2. The van der Waals surface area contributed by atoms with Crippen molar-refractivity contribution in [3.63, 3.8) is 0 Å². The van der Waals surface area contributed by atoms with Crippen LogP contribution in [-0.4, -0.2) is 23.0 Å². The molecular weight excluding hydrogens is 510 g/mol. The number of carbonyl (C=O) groups is 1. The van der Waals surface area contributed by atoms with Gasteiger partial charge in [-0.3, -0.25) is 9.79 Å². The lowest BCUT2D eigenvalue weighted by Crippen LogP contribution is -2.16. The molecule has 0 unspecified atom stereocenters. The van der Waals surface area contributed by atoms with Gasteiger partial charge in [0.25, 0.3) is 0 Å². The van der Waals surface area contributed by atoms with Gasteiger partial charge in [0, 0.05) is 18.6 Å². The number of hydrogen-bond acceptors (Lipinski definition) is 4. The van der Waals surface area contributed by atoms with E-state index >= 15 is 0 Å². The molecule has 0 aliphatic carbocycles. The van der Waals surface area contributed by atoms with Gasteiger partial charge in [0.15, 0.2) is 0 Å². The molecule has 0 radical (unpaired) electrons. The minimum absolute atomic E-state index is 0.174. The standard InChI is InChI=1S/C15H22FNO.C8H7F3O.C8H16O/c1-6-7-11(3)17-14-10(2)8-12(9-13(14)16)15(4,5)18;1-6-2-4-7(5-3-6)12-8(9,10)11;1-5-7(9)6-8(2,3)4/h8-9,18H,6-7H2,1-5H3;2-5H,1H3;5-6H2,1-4H3. The molecule has 4 nitrogen and oxygen atoms in total. The van der Waals surface area contributed by atoms with Crippen molar-refractivity contribution in [2.24, 2.45) is 10.4 Å².